The van der Waals surface area contributed by atoms with Crippen molar-refractivity contribution in [2.24, 2.45) is 11.8 Å². The Morgan fingerprint density at radius 2 is 1.97 bits per heavy atom. The zero-order chi connectivity index (χ0) is 23.4. The SMILES string of the molecule is C=C[C@@H]1[C@H](O[C@@H]2O[C@H](CO)[C@H](O)[C@H](O)[C@H]2O)OC=C(C(=O)OC)[C@@H]1C[C@H]1OCC[C@@H](C)O1. The van der Waals surface area contributed by atoms with Crippen LogP contribution in [0.4, 0.5) is 0 Å². The van der Waals surface area contributed by atoms with Gasteiger partial charge in [0.2, 0.25) is 6.29 Å². The quantitative estimate of drug-likeness (QED) is 0.278. The Morgan fingerprint density at radius 1 is 1.22 bits per heavy atom. The topological polar surface area (TPSA) is 153 Å². The molecule has 182 valence electrons. The third-order valence-electron chi connectivity index (χ3n) is 5.98. The average Bonchev–Trinajstić information content (AvgIpc) is 2.79. The van der Waals surface area contributed by atoms with E-state index in [0.717, 1.165) is 6.42 Å². The van der Waals surface area contributed by atoms with Gasteiger partial charge >= 0.3 is 5.97 Å². The van der Waals surface area contributed by atoms with Crippen molar-refractivity contribution < 1.29 is 53.6 Å². The lowest BCUT2D eigenvalue weighted by Crippen LogP contribution is -2.60. The van der Waals surface area contributed by atoms with Crippen molar-refractivity contribution in [2.75, 3.05) is 20.3 Å². The van der Waals surface area contributed by atoms with Crippen molar-refractivity contribution in [3.05, 3.63) is 24.5 Å². The van der Waals surface area contributed by atoms with Crippen LogP contribution in [0.2, 0.25) is 0 Å². The predicted molar refractivity (Wildman–Crippen MR) is 107 cm³/mol. The van der Waals surface area contributed by atoms with Crippen molar-refractivity contribution in [1.29, 1.82) is 0 Å². The Balaban J connectivity index is 1.80. The maximum atomic E-state index is 12.4. The molecule has 3 aliphatic heterocycles. The predicted octanol–water partition coefficient (Wildman–Crippen LogP) is -0.824. The summed E-state index contributed by atoms with van der Waals surface area (Å²) in [5.74, 6) is -1.71. The van der Waals surface area contributed by atoms with Crippen LogP contribution >= 0.6 is 0 Å². The minimum absolute atomic E-state index is 0.00231. The van der Waals surface area contributed by atoms with Crippen LogP contribution in [0.5, 0.6) is 0 Å². The number of hydrogen-bond donors (Lipinski definition) is 4. The molecule has 10 atom stereocenters. The molecular formula is C21H32O11. The fourth-order valence-electron chi connectivity index (χ4n) is 4.09. The summed E-state index contributed by atoms with van der Waals surface area (Å²) in [6.07, 6.45) is -5.06. The van der Waals surface area contributed by atoms with E-state index in [1.165, 1.54) is 13.4 Å². The largest absolute Gasteiger partial charge is 0.471 e. The molecule has 3 heterocycles. The molecule has 2 fully saturated rings. The van der Waals surface area contributed by atoms with Gasteiger partial charge in [-0.3, -0.25) is 0 Å². The lowest BCUT2D eigenvalue weighted by molar-refractivity contribution is -0.340. The molecule has 32 heavy (non-hydrogen) atoms. The summed E-state index contributed by atoms with van der Waals surface area (Å²) in [6.45, 7) is 5.70. The zero-order valence-corrected chi connectivity index (χ0v) is 18.1. The van der Waals surface area contributed by atoms with Crippen molar-refractivity contribution in [2.45, 2.75) is 69.2 Å². The molecule has 0 amide bonds. The minimum atomic E-state index is -1.60. The molecule has 3 rings (SSSR count). The number of esters is 1. The maximum absolute atomic E-state index is 12.4. The second-order valence-corrected chi connectivity index (χ2v) is 8.09. The van der Waals surface area contributed by atoms with Gasteiger partial charge in [0.15, 0.2) is 12.6 Å². The van der Waals surface area contributed by atoms with Gasteiger partial charge in [-0.1, -0.05) is 6.08 Å². The molecule has 2 saturated heterocycles. The highest BCUT2D eigenvalue weighted by Gasteiger charge is 2.48. The normalized spacial score (nSPS) is 42.5. The second-order valence-electron chi connectivity index (χ2n) is 8.09. The zero-order valence-electron chi connectivity index (χ0n) is 18.1. The van der Waals surface area contributed by atoms with Gasteiger partial charge < -0.3 is 48.8 Å². The highest BCUT2D eigenvalue weighted by molar-refractivity contribution is 5.88. The molecule has 0 bridgehead atoms. The summed E-state index contributed by atoms with van der Waals surface area (Å²) in [5.41, 5.74) is 0.247. The van der Waals surface area contributed by atoms with Gasteiger partial charge in [-0.2, -0.15) is 0 Å². The van der Waals surface area contributed by atoms with E-state index in [-0.39, 0.29) is 11.7 Å². The van der Waals surface area contributed by atoms with E-state index in [2.05, 4.69) is 6.58 Å². The highest BCUT2D eigenvalue weighted by atomic mass is 16.8. The second kappa shape index (κ2) is 11.0. The van der Waals surface area contributed by atoms with Gasteiger partial charge in [0.05, 0.1) is 38.3 Å². The summed E-state index contributed by atoms with van der Waals surface area (Å²) in [5, 5.41) is 39.7. The Hall–Kier alpha value is -1.57. The molecule has 0 spiro atoms. The monoisotopic (exact) mass is 460 g/mol. The molecule has 11 heteroatoms. The Morgan fingerprint density at radius 3 is 2.59 bits per heavy atom. The van der Waals surface area contributed by atoms with E-state index in [9.17, 15) is 25.2 Å². The van der Waals surface area contributed by atoms with Gasteiger partial charge in [0.25, 0.3) is 0 Å². The molecule has 4 N–H and O–H groups in total. The van der Waals surface area contributed by atoms with Gasteiger partial charge in [0, 0.05) is 18.3 Å². The minimum Gasteiger partial charge on any atom is -0.471 e. The van der Waals surface area contributed by atoms with Crippen molar-refractivity contribution in [3.8, 4) is 0 Å². The molecule has 0 saturated carbocycles. The Bertz CT molecular complexity index is 681. The lowest BCUT2D eigenvalue weighted by Gasteiger charge is -2.43. The molecule has 3 aliphatic rings. The van der Waals surface area contributed by atoms with E-state index in [1.54, 1.807) is 6.08 Å². The number of carbonyl (C=O) groups excluding carboxylic acids is 1. The molecule has 0 radical (unpaired) electrons. The standard InChI is InChI=1S/C21H32O11/c1-4-11-12(7-15-28-6-5-10(2)30-15)13(19(26)27-3)9-29-20(11)32-21-18(25)17(24)16(23)14(8-22)31-21/h4,9-12,14-18,20-25H,1,5-8H2,2-3H3/t10-,11+,12-,14-,15+,16+,17+,18-,20+,21+/m1/s1. The summed E-state index contributed by atoms with van der Waals surface area (Å²) in [4.78, 5) is 12.4. The van der Waals surface area contributed by atoms with Crippen LogP contribution in [-0.2, 0) is 33.2 Å². The number of aliphatic hydroxyl groups is 4. The third-order valence-corrected chi connectivity index (χ3v) is 5.98. The molecule has 0 aromatic heterocycles. The van der Waals surface area contributed by atoms with E-state index >= 15 is 0 Å². The first-order chi connectivity index (χ1) is 15.3. The van der Waals surface area contributed by atoms with Gasteiger partial charge in [-0.15, -0.1) is 6.58 Å². The average molecular weight is 460 g/mol. The number of hydrogen-bond acceptors (Lipinski definition) is 11. The van der Waals surface area contributed by atoms with Crippen LogP contribution in [0.25, 0.3) is 0 Å². The van der Waals surface area contributed by atoms with Crippen LogP contribution in [0.1, 0.15) is 19.8 Å². The van der Waals surface area contributed by atoms with Crippen LogP contribution in [-0.4, -0.2) is 96.1 Å². The molecule has 11 nitrogen and oxygen atoms in total. The van der Waals surface area contributed by atoms with E-state index in [4.69, 9.17) is 28.4 Å². The number of ether oxygens (including phenoxy) is 6. The Labute approximate surface area is 186 Å². The van der Waals surface area contributed by atoms with Gasteiger partial charge in [-0.25, -0.2) is 4.79 Å². The first-order valence-corrected chi connectivity index (χ1v) is 10.6. The van der Waals surface area contributed by atoms with E-state index in [1.807, 2.05) is 6.92 Å². The first kappa shape index (κ1) is 25.1. The van der Waals surface area contributed by atoms with E-state index < -0.39 is 67.7 Å². The number of rotatable bonds is 7. The molecular weight excluding hydrogens is 428 g/mol. The van der Waals surface area contributed by atoms with Crippen molar-refractivity contribution >= 4 is 5.97 Å². The summed E-state index contributed by atoms with van der Waals surface area (Å²) < 4.78 is 33.2. The van der Waals surface area contributed by atoms with Crippen LogP contribution in [0.15, 0.2) is 24.5 Å². The fourth-order valence-corrected chi connectivity index (χ4v) is 4.09. The summed E-state index contributed by atoms with van der Waals surface area (Å²) in [7, 11) is 1.26. The smallest absolute Gasteiger partial charge is 0.337 e. The van der Waals surface area contributed by atoms with Gasteiger partial charge in [-0.05, 0) is 13.3 Å². The van der Waals surface area contributed by atoms with Gasteiger partial charge in [0.1, 0.15) is 24.4 Å². The summed E-state index contributed by atoms with van der Waals surface area (Å²) in [6, 6.07) is 0. The Kier molecular flexibility index (Phi) is 8.64. The van der Waals surface area contributed by atoms with Crippen molar-refractivity contribution in [1.82, 2.24) is 0 Å². The van der Waals surface area contributed by atoms with E-state index in [0.29, 0.717) is 13.0 Å². The highest BCUT2D eigenvalue weighted by Crippen LogP contribution is 2.38. The van der Waals surface area contributed by atoms with Crippen LogP contribution in [0, 0.1) is 11.8 Å². The molecule has 0 unspecified atom stereocenters. The van der Waals surface area contributed by atoms with Crippen LogP contribution in [0.3, 0.4) is 0 Å². The lowest BCUT2D eigenvalue weighted by atomic mass is 9.81. The number of carbonyl (C=O) groups is 1. The fraction of sp³-hybridized carbons (Fsp3) is 0.762. The molecule has 0 aromatic rings. The maximum Gasteiger partial charge on any atom is 0.337 e. The molecule has 0 aliphatic carbocycles. The number of methoxy groups -OCH3 is 1. The number of aliphatic hydroxyl groups excluding tert-OH is 4. The third kappa shape index (κ3) is 5.32. The van der Waals surface area contributed by atoms with Crippen molar-refractivity contribution in [3.63, 3.8) is 0 Å². The molecule has 0 aromatic carbocycles. The van der Waals surface area contributed by atoms with Crippen LogP contribution < -0.4 is 0 Å². The summed E-state index contributed by atoms with van der Waals surface area (Å²) >= 11 is 0. The first-order valence-electron chi connectivity index (χ1n) is 10.6.